The summed E-state index contributed by atoms with van der Waals surface area (Å²) < 4.78 is 10.8. The van der Waals surface area contributed by atoms with Crippen LogP contribution in [0, 0.1) is 23.7 Å². The molecule has 0 heterocycles. The summed E-state index contributed by atoms with van der Waals surface area (Å²) in [5.74, 6) is 3.20. The van der Waals surface area contributed by atoms with Gasteiger partial charge in [0.15, 0.2) is 11.5 Å². The first-order valence-corrected chi connectivity index (χ1v) is 9.05. The topological polar surface area (TPSA) is 71.3 Å². The smallest absolute Gasteiger partial charge is 0.221 e. The lowest BCUT2D eigenvalue weighted by Gasteiger charge is -2.17. The van der Waals surface area contributed by atoms with Gasteiger partial charge in [-0.3, -0.25) is 4.79 Å². The molecule has 28 heavy (non-hydrogen) atoms. The van der Waals surface area contributed by atoms with E-state index in [4.69, 9.17) is 27.5 Å². The molecule has 1 N–H and O–H groups in total. The molecule has 0 fully saturated rings. The molecule has 0 aliphatic carbocycles. The van der Waals surface area contributed by atoms with Crippen molar-refractivity contribution in [3.63, 3.8) is 0 Å². The Labute approximate surface area is 170 Å². The van der Waals surface area contributed by atoms with Gasteiger partial charge in [-0.25, -0.2) is 0 Å². The first-order chi connectivity index (χ1) is 13.5. The van der Waals surface area contributed by atoms with E-state index < -0.39 is 6.04 Å². The maximum absolute atomic E-state index is 12.4. The summed E-state index contributed by atoms with van der Waals surface area (Å²) in [7, 11) is 1.54. The number of carbonyl (C=O) groups is 1. The molecule has 0 saturated carbocycles. The normalized spacial score (nSPS) is 12.2. The molecule has 0 saturated heterocycles. The maximum Gasteiger partial charge on any atom is 0.221 e. The van der Waals surface area contributed by atoms with E-state index in [0.29, 0.717) is 22.1 Å². The molecule has 0 bridgehead atoms. The zero-order valence-electron chi connectivity index (χ0n) is 15.7. The van der Waals surface area contributed by atoms with Gasteiger partial charge in [-0.15, -0.1) is 6.42 Å². The molecule has 2 rings (SSSR count). The Kier molecular flexibility index (Phi) is 7.75. The molecular formula is C22H21ClN2O3. The Morgan fingerprint density at radius 1 is 1.21 bits per heavy atom. The lowest BCUT2D eigenvalue weighted by molar-refractivity contribution is -0.121. The molecule has 2 aromatic rings. The summed E-state index contributed by atoms with van der Waals surface area (Å²) in [4.78, 5) is 12.4. The zero-order valence-corrected chi connectivity index (χ0v) is 16.5. The van der Waals surface area contributed by atoms with Crippen LogP contribution in [-0.4, -0.2) is 19.6 Å². The van der Waals surface area contributed by atoms with Gasteiger partial charge in [0.2, 0.25) is 5.91 Å². The second-order valence-corrected chi connectivity index (χ2v) is 6.63. The van der Waals surface area contributed by atoms with Crippen LogP contribution in [0.4, 0.5) is 0 Å². The van der Waals surface area contributed by atoms with E-state index in [1.807, 2.05) is 19.1 Å². The molecule has 144 valence electrons. The van der Waals surface area contributed by atoms with Gasteiger partial charge in [-0.2, -0.15) is 5.26 Å². The maximum atomic E-state index is 12.4. The minimum atomic E-state index is -0.731. The second-order valence-electron chi connectivity index (χ2n) is 6.19. The Balaban J connectivity index is 2.04. The average molecular weight is 397 g/mol. The summed E-state index contributed by atoms with van der Waals surface area (Å²) in [5.41, 5.74) is 1.60. The van der Waals surface area contributed by atoms with Crippen LogP contribution in [0.25, 0.3) is 0 Å². The highest BCUT2D eigenvalue weighted by Gasteiger charge is 2.18. The summed E-state index contributed by atoms with van der Waals surface area (Å²) in [5, 5.41) is 12.7. The molecule has 2 atom stereocenters. The van der Waals surface area contributed by atoms with Gasteiger partial charge >= 0.3 is 0 Å². The highest BCUT2D eigenvalue weighted by molar-refractivity contribution is 6.30. The van der Waals surface area contributed by atoms with Crippen LogP contribution in [0.15, 0.2) is 42.5 Å². The number of hydrogen-bond acceptors (Lipinski definition) is 4. The number of nitrogens with zero attached hydrogens (tertiary/aromatic N) is 1. The van der Waals surface area contributed by atoms with Crippen molar-refractivity contribution in [2.75, 3.05) is 13.7 Å². The molecule has 0 aliphatic heterocycles. The van der Waals surface area contributed by atoms with Crippen molar-refractivity contribution in [2.45, 2.75) is 25.3 Å². The van der Waals surface area contributed by atoms with Gasteiger partial charge in [0.05, 0.1) is 13.2 Å². The van der Waals surface area contributed by atoms with E-state index in [9.17, 15) is 10.1 Å². The van der Waals surface area contributed by atoms with Crippen LogP contribution >= 0.6 is 11.6 Å². The number of amides is 1. The second kappa shape index (κ2) is 10.3. The highest BCUT2D eigenvalue weighted by atomic mass is 35.5. The van der Waals surface area contributed by atoms with E-state index in [1.54, 1.807) is 37.4 Å². The number of nitrogens with one attached hydrogen (secondary N) is 1. The molecule has 0 spiro atoms. The predicted molar refractivity (Wildman–Crippen MR) is 108 cm³/mol. The molecule has 1 amide bonds. The van der Waals surface area contributed by atoms with Crippen LogP contribution in [0.3, 0.4) is 0 Å². The van der Waals surface area contributed by atoms with Crippen molar-refractivity contribution in [2.24, 2.45) is 0 Å². The number of nitriles is 1. The van der Waals surface area contributed by atoms with Gasteiger partial charge < -0.3 is 14.8 Å². The lowest BCUT2D eigenvalue weighted by Crippen LogP contribution is -2.28. The molecule has 2 aromatic carbocycles. The minimum Gasteiger partial charge on any atom is -0.493 e. The molecule has 2 unspecified atom stereocenters. The van der Waals surface area contributed by atoms with E-state index >= 15 is 0 Å². The largest absolute Gasteiger partial charge is 0.493 e. The first-order valence-electron chi connectivity index (χ1n) is 8.67. The monoisotopic (exact) mass is 396 g/mol. The van der Waals surface area contributed by atoms with Crippen molar-refractivity contribution in [1.29, 1.82) is 5.26 Å². The van der Waals surface area contributed by atoms with Crippen molar-refractivity contribution in [3.05, 3.63) is 58.6 Å². The average Bonchev–Trinajstić information content (AvgIpc) is 2.71. The van der Waals surface area contributed by atoms with Crippen molar-refractivity contribution >= 4 is 17.5 Å². The SMILES string of the molecule is C#CCOc1ccc(C(C)CC(=O)NC(C#N)c2ccc(Cl)cc2)cc1OC. The summed E-state index contributed by atoms with van der Waals surface area (Å²) in [6.07, 6.45) is 5.43. The minimum absolute atomic E-state index is 0.0832. The Bertz CT molecular complexity index is 897. The standard InChI is InChI=1S/C22H21ClN2O3/c1-4-11-28-20-10-7-17(13-21(20)27-3)15(2)12-22(26)25-19(14-24)16-5-8-18(23)9-6-16/h1,5-10,13,15,19H,11-12H2,2-3H3,(H,25,26). The number of rotatable bonds is 8. The molecule has 5 nitrogen and oxygen atoms in total. The van der Waals surface area contributed by atoms with Crippen LogP contribution in [0.1, 0.15) is 36.4 Å². The fraction of sp³-hybridized carbons (Fsp3) is 0.273. The van der Waals surface area contributed by atoms with E-state index in [0.717, 1.165) is 5.56 Å². The van der Waals surface area contributed by atoms with Crippen molar-refractivity contribution in [1.82, 2.24) is 5.32 Å². The third-order valence-electron chi connectivity index (χ3n) is 4.20. The van der Waals surface area contributed by atoms with E-state index in [2.05, 4.69) is 17.3 Å². The Morgan fingerprint density at radius 3 is 2.50 bits per heavy atom. The summed E-state index contributed by atoms with van der Waals surface area (Å²) >= 11 is 5.87. The van der Waals surface area contributed by atoms with Crippen LogP contribution in [-0.2, 0) is 4.79 Å². The highest BCUT2D eigenvalue weighted by Crippen LogP contribution is 2.32. The molecule has 0 aromatic heterocycles. The third kappa shape index (κ3) is 5.67. The fourth-order valence-corrected chi connectivity index (χ4v) is 2.82. The summed E-state index contributed by atoms with van der Waals surface area (Å²) in [6, 6.07) is 13.6. The van der Waals surface area contributed by atoms with Gasteiger partial charge in [-0.1, -0.05) is 42.6 Å². The number of benzene rings is 2. The number of methoxy groups -OCH3 is 1. The van der Waals surface area contributed by atoms with E-state index in [-0.39, 0.29) is 24.9 Å². The molecular weight excluding hydrogens is 376 g/mol. The lowest BCUT2D eigenvalue weighted by atomic mass is 9.96. The van der Waals surface area contributed by atoms with Crippen molar-refractivity contribution in [3.8, 4) is 29.9 Å². The zero-order chi connectivity index (χ0) is 20.5. The molecule has 0 radical (unpaired) electrons. The predicted octanol–water partition coefficient (Wildman–Crippen LogP) is 4.24. The molecule has 0 aliphatic rings. The quantitative estimate of drug-likeness (QED) is 0.677. The van der Waals surface area contributed by atoms with Crippen LogP contribution in [0.5, 0.6) is 11.5 Å². The fourth-order valence-electron chi connectivity index (χ4n) is 2.69. The van der Waals surface area contributed by atoms with Crippen LogP contribution < -0.4 is 14.8 Å². The number of terminal acetylenes is 1. The van der Waals surface area contributed by atoms with Crippen LogP contribution in [0.2, 0.25) is 5.02 Å². The molecule has 6 heteroatoms. The van der Waals surface area contributed by atoms with Gasteiger partial charge in [-0.05, 0) is 41.3 Å². The number of carbonyl (C=O) groups excluding carboxylic acids is 1. The number of ether oxygens (including phenoxy) is 2. The summed E-state index contributed by atoms with van der Waals surface area (Å²) in [6.45, 7) is 2.08. The van der Waals surface area contributed by atoms with Gasteiger partial charge in [0.1, 0.15) is 12.6 Å². The van der Waals surface area contributed by atoms with E-state index in [1.165, 1.54) is 0 Å². The van der Waals surface area contributed by atoms with Crippen molar-refractivity contribution < 1.29 is 14.3 Å². The Morgan fingerprint density at radius 2 is 1.89 bits per heavy atom. The first kappa shape index (κ1) is 21.2. The number of halogens is 1. The third-order valence-corrected chi connectivity index (χ3v) is 4.45. The van der Waals surface area contributed by atoms with Gasteiger partial charge in [0, 0.05) is 11.4 Å². The Hall–Kier alpha value is -3.15. The number of hydrogen-bond donors (Lipinski definition) is 1. The van der Waals surface area contributed by atoms with Gasteiger partial charge in [0.25, 0.3) is 0 Å².